The SMILES string of the molecule is [2H]CN(CCc1c[nH]c2ccccc12)C([2H])[2H]. The molecule has 0 aliphatic carbocycles. The number of fused-ring (bicyclic) bond motifs is 1. The standard InChI is InChI=1S/C12H16N2/c1-14(2)8-7-10-9-13-12-6-4-3-5-11(10)12/h3-6,9,13H,7-8H2,1-2H3/i1D,2D2. The lowest BCUT2D eigenvalue weighted by molar-refractivity contribution is 0.414. The Bertz CT molecular complexity index is 481. The van der Waals surface area contributed by atoms with Crippen molar-refractivity contribution in [2.45, 2.75) is 6.42 Å². The Hall–Kier alpha value is -1.28. The van der Waals surface area contributed by atoms with E-state index in [1.54, 1.807) is 0 Å². The van der Waals surface area contributed by atoms with E-state index in [9.17, 15) is 0 Å². The lowest BCUT2D eigenvalue weighted by Gasteiger charge is -2.07. The second kappa shape index (κ2) is 3.84. The Morgan fingerprint density at radius 2 is 2.36 bits per heavy atom. The molecule has 0 aliphatic rings. The molecule has 0 atom stereocenters. The van der Waals surface area contributed by atoms with Gasteiger partial charge in [-0.2, -0.15) is 0 Å². The van der Waals surface area contributed by atoms with Crippen LogP contribution in [0.1, 0.15) is 9.68 Å². The van der Waals surface area contributed by atoms with Crippen LogP contribution in [0.4, 0.5) is 0 Å². The van der Waals surface area contributed by atoms with Crippen molar-refractivity contribution in [3.63, 3.8) is 0 Å². The fourth-order valence-corrected chi connectivity index (χ4v) is 1.60. The molecule has 0 bridgehead atoms. The van der Waals surface area contributed by atoms with Crippen molar-refractivity contribution in [1.82, 2.24) is 9.88 Å². The zero-order chi connectivity index (χ0) is 12.3. The van der Waals surface area contributed by atoms with Gasteiger partial charge in [-0.05, 0) is 32.1 Å². The van der Waals surface area contributed by atoms with Crippen LogP contribution in [-0.4, -0.2) is 30.5 Å². The number of hydrogen-bond donors (Lipinski definition) is 1. The Labute approximate surface area is 88.8 Å². The topological polar surface area (TPSA) is 19.0 Å². The molecule has 0 amide bonds. The fourth-order valence-electron chi connectivity index (χ4n) is 1.60. The van der Waals surface area contributed by atoms with E-state index in [0.29, 0.717) is 6.54 Å². The summed E-state index contributed by atoms with van der Waals surface area (Å²) < 4.78 is 21.8. The van der Waals surface area contributed by atoms with Gasteiger partial charge in [-0.15, -0.1) is 0 Å². The van der Waals surface area contributed by atoms with Crippen LogP contribution < -0.4 is 0 Å². The number of aromatic nitrogens is 1. The van der Waals surface area contributed by atoms with E-state index in [1.807, 2.05) is 24.4 Å². The average Bonchev–Trinajstić information content (AvgIpc) is 2.73. The molecular weight excluding hydrogens is 172 g/mol. The van der Waals surface area contributed by atoms with Crippen LogP contribution in [0, 0.1) is 0 Å². The summed E-state index contributed by atoms with van der Waals surface area (Å²) in [5.41, 5.74) is 2.29. The molecule has 0 saturated heterocycles. The molecular formula is C12H16N2. The molecule has 1 N–H and O–H groups in total. The minimum atomic E-state index is -1.06. The number of aromatic amines is 1. The summed E-state index contributed by atoms with van der Waals surface area (Å²) in [5.74, 6) is 0. The summed E-state index contributed by atoms with van der Waals surface area (Å²) in [7, 11) is 0.0000219. The van der Waals surface area contributed by atoms with E-state index in [0.717, 1.165) is 11.9 Å². The second-order valence-electron chi connectivity index (χ2n) is 3.42. The number of rotatable bonds is 3. The van der Waals surface area contributed by atoms with Gasteiger partial charge in [0.25, 0.3) is 0 Å². The highest BCUT2D eigenvalue weighted by Crippen LogP contribution is 2.17. The Morgan fingerprint density at radius 3 is 3.21 bits per heavy atom. The highest BCUT2D eigenvalue weighted by Gasteiger charge is 2.02. The van der Waals surface area contributed by atoms with E-state index in [2.05, 4.69) is 11.1 Å². The summed E-state index contributed by atoms with van der Waals surface area (Å²) in [6.07, 6.45) is 2.73. The van der Waals surface area contributed by atoms with Gasteiger partial charge in [-0.3, -0.25) is 0 Å². The van der Waals surface area contributed by atoms with Crippen molar-refractivity contribution >= 4 is 10.9 Å². The van der Waals surface area contributed by atoms with Gasteiger partial charge in [-0.25, -0.2) is 0 Å². The van der Waals surface area contributed by atoms with Gasteiger partial charge in [0.15, 0.2) is 0 Å². The monoisotopic (exact) mass is 191 g/mol. The summed E-state index contributed by atoms with van der Waals surface area (Å²) in [6.45, 7) is -0.485. The van der Waals surface area contributed by atoms with Gasteiger partial charge in [0.1, 0.15) is 0 Å². The maximum Gasteiger partial charge on any atom is 0.0456 e. The van der Waals surface area contributed by atoms with Gasteiger partial charge >= 0.3 is 0 Å². The quantitative estimate of drug-likeness (QED) is 0.788. The van der Waals surface area contributed by atoms with Crippen LogP contribution in [0.25, 0.3) is 10.9 Å². The first-order chi connectivity index (χ1) is 8.22. The van der Waals surface area contributed by atoms with Gasteiger partial charge in [0, 0.05) is 27.8 Å². The van der Waals surface area contributed by atoms with Crippen molar-refractivity contribution in [2.24, 2.45) is 0 Å². The number of nitrogens with one attached hydrogen (secondary N) is 1. The third-order valence-corrected chi connectivity index (χ3v) is 2.34. The molecule has 2 heteroatoms. The maximum absolute atomic E-state index is 7.29. The number of nitrogens with zero attached hydrogens (tertiary/aromatic N) is 1. The number of hydrogen-bond acceptors (Lipinski definition) is 1. The molecule has 1 aromatic carbocycles. The lowest BCUT2D eigenvalue weighted by Crippen LogP contribution is -2.14. The van der Waals surface area contributed by atoms with Gasteiger partial charge in [0.05, 0.1) is 0 Å². The first kappa shape index (κ1) is 6.25. The first-order valence-electron chi connectivity index (χ1n) is 6.51. The minimum Gasteiger partial charge on any atom is -0.361 e. The Morgan fingerprint density at radius 1 is 1.43 bits per heavy atom. The summed E-state index contributed by atoms with van der Waals surface area (Å²) in [4.78, 5) is 4.70. The second-order valence-corrected chi connectivity index (χ2v) is 3.42. The Kier molecular flexibility index (Phi) is 1.72. The molecule has 0 aliphatic heterocycles. The maximum atomic E-state index is 7.29. The molecule has 2 rings (SSSR count). The molecule has 0 unspecified atom stereocenters. The van der Waals surface area contributed by atoms with Crippen LogP contribution in [0.5, 0.6) is 0 Å². The molecule has 0 spiro atoms. The van der Waals surface area contributed by atoms with E-state index in [1.165, 1.54) is 15.8 Å². The van der Waals surface area contributed by atoms with Crippen molar-refractivity contribution in [2.75, 3.05) is 20.6 Å². The van der Waals surface area contributed by atoms with E-state index >= 15 is 0 Å². The number of likely N-dealkylation sites (N-methyl/N-ethyl adjacent to an activating group) is 1. The van der Waals surface area contributed by atoms with Gasteiger partial charge < -0.3 is 9.88 Å². The fraction of sp³-hybridized carbons (Fsp3) is 0.333. The molecule has 1 heterocycles. The molecule has 2 aromatic rings. The van der Waals surface area contributed by atoms with Crippen molar-refractivity contribution in [1.29, 1.82) is 0 Å². The largest absolute Gasteiger partial charge is 0.361 e. The van der Waals surface area contributed by atoms with E-state index in [4.69, 9.17) is 4.11 Å². The zero-order valence-corrected chi connectivity index (χ0v) is 8.03. The third-order valence-electron chi connectivity index (χ3n) is 2.34. The highest BCUT2D eigenvalue weighted by molar-refractivity contribution is 5.83. The van der Waals surface area contributed by atoms with E-state index in [-0.39, 0.29) is 7.02 Å². The molecule has 1 aromatic heterocycles. The molecule has 14 heavy (non-hydrogen) atoms. The highest BCUT2D eigenvalue weighted by atomic mass is 15.0. The molecule has 0 fully saturated rings. The summed E-state index contributed by atoms with van der Waals surface area (Å²) >= 11 is 0. The minimum absolute atomic E-state index is 0.0000219. The summed E-state index contributed by atoms with van der Waals surface area (Å²) in [5, 5.41) is 1.18. The van der Waals surface area contributed by atoms with Crippen LogP contribution in [0.2, 0.25) is 0 Å². The van der Waals surface area contributed by atoms with Crippen LogP contribution in [0.15, 0.2) is 30.5 Å². The first-order valence-corrected chi connectivity index (χ1v) is 4.65. The van der Waals surface area contributed by atoms with Crippen LogP contribution >= 0.6 is 0 Å². The predicted octanol–water partition coefficient (Wildman–Crippen LogP) is 2.27. The van der Waals surface area contributed by atoms with Crippen molar-refractivity contribution in [3.8, 4) is 0 Å². The predicted molar refractivity (Wildman–Crippen MR) is 60.6 cm³/mol. The number of H-pyrrole nitrogens is 1. The lowest BCUT2D eigenvalue weighted by atomic mass is 10.1. The third kappa shape index (κ3) is 1.80. The number of para-hydroxylation sites is 1. The molecule has 2 nitrogen and oxygen atoms in total. The van der Waals surface area contributed by atoms with Crippen molar-refractivity contribution in [3.05, 3.63) is 36.0 Å². The summed E-state index contributed by atoms with van der Waals surface area (Å²) in [6, 6.07) is 8.08. The number of benzene rings is 1. The smallest absolute Gasteiger partial charge is 0.0456 e. The van der Waals surface area contributed by atoms with E-state index < -0.39 is 7.00 Å². The molecule has 0 saturated carbocycles. The van der Waals surface area contributed by atoms with Gasteiger partial charge in [0.2, 0.25) is 0 Å². The average molecular weight is 191 g/mol. The van der Waals surface area contributed by atoms with Crippen molar-refractivity contribution < 1.29 is 4.11 Å². The van der Waals surface area contributed by atoms with Crippen LogP contribution in [0.3, 0.4) is 0 Å². The van der Waals surface area contributed by atoms with Gasteiger partial charge in [-0.1, -0.05) is 18.2 Å². The van der Waals surface area contributed by atoms with Crippen LogP contribution in [-0.2, 0) is 6.42 Å². The zero-order valence-electron chi connectivity index (χ0n) is 11.0. The normalized spacial score (nSPS) is 14.6. The molecule has 74 valence electrons. The molecule has 0 radical (unpaired) electrons. The Balaban J connectivity index is 2.08.